The van der Waals surface area contributed by atoms with E-state index in [0.29, 0.717) is 37.0 Å². The van der Waals surface area contributed by atoms with Gasteiger partial charge in [-0.2, -0.15) is 0 Å². The van der Waals surface area contributed by atoms with Crippen molar-refractivity contribution in [1.29, 1.82) is 4.78 Å². The van der Waals surface area contributed by atoms with Crippen molar-refractivity contribution >= 4 is 15.7 Å². The number of nitrogens with one attached hydrogen (secondary N) is 1. The van der Waals surface area contributed by atoms with E-state index in [1.54, 1.807) is 0 Å². The maximum atomic E-state index is 13.4. The van der Waals surface area contributed by atoms with Gasteiger partial charge in [0.05, 0.1) is 20.7 Å². The van der Waals surface area contributed by atoms with Crippen molar-refractivity contribution in [3.05, 3.63) is 35.5 Å². The van der Waals surface area contributed by atoms with Crippen molar-refractivity contribution in [3.8, 4) is 11.3 Å². The summed E-state index contributed by atoms with van der Waals surface area (Å²) in [6.07, 6.45) is 5.64. The van der Waals surface area contributed by atoms with Crippen LogP contribution in [0.5, 0.6) is 0 Å². The second-order valence-electron chi connectivity index (χ2n) is 8.42. The van der Waals surface area contributed by atoms with Crippen LogP contribution in [0.3, 0.4) is 0 Å². The van der Waals surface area contributed by atoms with E-state index in [4.69, 9.17) is 19.5 Å². The smallest absolute Gasteiger partial charge is 0.226 e. The van der Waals surface area contributed by atoms with Crippen molar-refractivity contribution in [2.45, 2.75) is 61.6 Å². The number of hydrogen-bond acceptors (Lipinski definition) is 6. The summed E-state index contributed by atoms with van der Waals surface area (Å²) in [5, 5.41) is -0.139. The van der Waals surface area contributed by atoms with Crippen LogP contribution in [0.4, 0.5) is 5.95 Å². The van der Waals surface area contributed by atoms with Crippen LogP contribution in [0, 0.1) is 4.78 Å². The van der Waals surface area contributed by atoms with Gasteiger partial charge in [0.1, 0.15) is 0 Å². The summed E-state index contributed by atoms with van der Waals surface area (Å²) in [5.74, 6) is 0.820. The molecular formula is C22H28N4O2S. The molecule has 29 heavy (non-hydrogen) atoms. The maximum Gasteiger partial charge on any atom is 0.226 e. The van der Waals surface area contributed by atoms with Gasteiger partial charge >= 0.3 is 0 Å². The van der Waals surface area contributed by atoms with Crippen LogP contribution in [0.1, 0.15) is 43.9 Å². The fraction of sp³-hybridized carbons (Fsp3) is 0.545. The van der Waals surface area contributed by atoms with Crippen molar-refractivity contribution in [1.82, 2.24) is 9.97 Å². The molecule has 0 radical (unpaired) electrons. The SMILES string of the molecule is C[C@H]1CCN1c1nc2c(c(-c3cccc(S(=N)(=O)C4CCOCC4)c3)n1)CCC2. The summed E-state index contributed by atoms with van der Waals surface area (Å²) < 4.78 is 27.5. The Balaban J connectivity index is 1.56. The predicted octanol–water partition coefficient (Wildman–Crippen LogP) is 3.82. The minimum atomic E-state index is -2.87. The molecule has 0 bridgehead atoms. The third-order valence-corrected chi connectivity index (χ3v) is 8.96. The van der Waals surface area contributed by atoms with E-state index < -0.39 is 9.73 Å². The van der Waals surface area contributed by atoms with E-state index in [9.17, 15) is 4.21 Å². The zero-order chi connectivity index (χ0) is 20.0. The van der Waals surface area contributed by atoms with Gasteiger partial charge in [0, 0.05) is 47.5 Å². The lowest BCUT2D eigenvalue weighted by Crippen LogP contribution is -2.46. The number of rotatable bonds is 4. The summed E-state index contributed by atoms with van der Waals surface area (Å²) >= 11 is 0. The van der Waals surface area contributed by atoms with Crippen molar-refractivity contribution < 1.29 is 8.95 Å². The standard InChI is InChI=1S/C22H28N4O2S/c1-15-8-11-26(15)22-24-20-7-3-6-19(20)21(25-22)16-4-2-5-18(14-16)29(23,27)17-9-12-28-13-10-17/h2,4-5,14-15,17,23H,3,6-13H2,1H3/t15-,29?/m0/s1. The highest BCUT2D eigenvalue weighted by Crippen LogP contribution is 2.35. The summed E-state index contributed by atoms with van der Waals surface area (Å²) in [6.45, 7) is 4.40. The normalized spacial score (nSPS) is 24.0. The van der Waals surface area contributed by atoms with Crippen LogP contribution < -0.4 is 4.90 Å². The molecule has 2 atom stereocenters. The highest BCUT2D eigenvalue weighted by atomic mass is 32.2. The molecule has 3 heterocycles. The molecule has 3 aliphatic rings. The quantitative estimate of drug-likeness (QED) is 0.826. The van der Waals surface area contributed by atoms with E-state index in [2.05, 4.69) is 11.8 Å². The Bertz CT molecular complexity index is 1030. The van der Waals surface area contributed by atoms with Crippen LogP contribution in [-0.2, 0) is 27.3 Å². The number of fused-ring (bicyclic) bond motifs is 1. The lowest BCUT2D eigenvalue weighted by atomic mass is 10.0. The molecule has 7 heteroatoms. The van der Waals surface area contributed by atoms with Gasteiger partial charge in [0.2, 0.25) is 5.95 Å². The number of hydrogen-bond donors (Lipinski definition) is 1. The predicted molar refractivity (Wildman–Crippen MR) is 114 cm³/mol. The minimum absolute atomic E-state index is 0.139. The summed E-state index contributed by atoms with van der Waals surface area (Å²) in [6, 6.07) is 8.22. The average molecular weight is 413 g/mol. The van der Waals surface area contributed by atoms with Crippen LogP contribution in [0.15, 0.2) is 29.2 Å². The largest absolute Gasteiger partial charge is 0.381 e. The first kappa shape index (κ1) is 19.0. The molecule has 1 unspecified atom stereocenters. The number of anilines is 1. The fourth-order valence-electron chi connectivity index (χ4n) is 4.63. The lowest BCUT2D eigenvalue weighted by molar-refractivity contribution is 0.0989. The van der Waals surface area contributed by atoms with E-state index in [-0.39, 0.29) is 5.25 Å². The first-order valence-corrected chi connectivity index (χ1v) is 12.3. The van der Waals surface area contributed by atoms with Gasteiger partial charge in [-0.05, 0) is 57.6 Å². The van der Waals surface area contributed by atoms with E-state index in [0.717, 1.165) is 48.7 Å². The molecule has 2 fully saturated rings. The van der Waals surface area contributed by atoms with Crippen LogP contribution >= 0.6 is 0 Å². The molecule has 154 valence electrons. The summed E-state index contributed by atoms with van der Waals surface area (Å²) in [5.41, 5.74) is 4.31. The highest BCUT2D eigenvalue weighted by Gasteiger charge is 2.30. The molecule has 1 aromatic heterocycles. The Kier molecular flexibility index (Phi) is 4.82. The Morgan fingerprint density at radius 2 is 2.00 bits per heavy atom. The van der Waals surface area contributed by atoms with Crippen LogP contribution in [0.25, 0.3) is 11.3 Å². The molecular weight excluding hydrogens is 384 g/mol. The Hall–Kier alpha value is -1.99. The molecule has 0 spiro atoms. The zero-order valence-corrected chi connectivity index (χ0v) is 17.7. The van der Waals surface area contributed by atoms with Gasteiger partial charge in [-0.3, -0.25) is 0 Å². The lowest BCUT2D eigenvalue weighted by Gasteiger charge is -2.39. The molecule has 2 saturated heterocycles. The third-order valence-electron chi connectivity index (χ3n) is 6.59. The van der Waals surface area contributed by atoms with Crippen molar-refractivity contribution in [2.75, 3.05) is 24.7 Å². The van der Waals surface area contributed by atoms with Crippen LogP contribution in [0.2, 0.25) is 0 Å². The topological polar surface area (TPSA) is 79.2 Å². The Morgan fingerprint density at radius 1 is 1.17 bits per heavy atom. The third kappa shape index (κ3) is 3.34. The number of nitrogens with zero attached hydrogens (tertiary/aromatic N) is 3. The molecule has 0 amide bonds. The molecule has 1 aromatic carbocycles. The zero-order valence-electron chi connectivity index (χ0n) is 16.9. The number of ether oxygens (including phenoxy) is 1. The first-order chi connectivity index (χ1) is 14.0. The van der Waals surface area contributed by atoms with Gasteiger partial charge in [-0.25, -0.2) is 19.0 Å². The van der Waals surface area contributed by atoms with E-state index >= 15 is 0 Å². The monoisotopic (exact) mass is 412 g/mol. The second-order valence-corrected chi connectivity index (χ2v) is 10.8. The molecule has 0 saturated carbocycles. The van der Waals surface area contributed by atoms with Crippen molar-refractivity contribution in [2.24, 2.45) is 0 Å². The van der Waals surface area contributed by atoms with Gasteiger partial charge in [-0.15, -0.1) is 0 Å². The number of aromatic nitrogens is 2. The van der Waals surface area contributed by atoms with Gasteiger partial charge in [0.25, 0.3) is 0 Å². The summed E-state index contributed by atoms with van der Waals surface area (Å²) in [7, 11) is -2.87. The average Bonchev–Trinajstić information content (AvgIpc) is 3.21. The maximum absolute atomic E-state index is 13.4. The number of benzene rings is 1. The van der Waals surface area contributed by atoms with Gasteiger partial charge in [0.15, 0.2) is 0 Å². The fourth-order valence-corrected chi connectivity index (χ4v) is 6.46. The van der Waals surface area contributed by atoms with Gasteiger partial charge in [-0.1, -0.05) is 12.1 Å². The Morgan fingerprint density at radius 3 is 2.72 bits per heavy atom. The Labute approximate surface area is 172 Å². The molecule has 6 nitrogen and oxygen atoms in total. The first-order valence-electron chi connectivity index (χ1n) is 10.7. The van der Waals surface area contributed by atoms with E-state index in [1.807, 2.05) is 24.3 Å². The number of aryl methyl sites for hydroxylation is 1. The van der Waals surface area contributed by atoms with Crippen molar-refractivity contribution in [3.63, 3.8) is 0 Å². The molecule has 2 aromatic rings. The second kappa shape index (κ2) is 7.36. The van der Waals surface area contributed by atoms with Gasteiger partial charge < -0.3 is 9.64 Å². The van der Waals surface area contributed by atoms with E-state index in [1.165, 1.54) is 12.0 Å². The summed E-state index contributed by atoms with van der Waals surface area (Å²) in [4.78, 5) is 12.7. The molecule has 2 aliphatic heterocycles. The molecule has 5 rings (SSSR count). The molecule has 1 N–H and O–H groups in total. The molecule has 1 aliphatic carbocycles. The highest BCUT2D eigenvalue weighted by molar-refractivity contribution is 7.93. The van der Waals surface area contributed by atoms with Crippen LogP contribution in [-0.4, -0.2) is 45.2 Å². The minimum Gasteiger partial charge on any atom is -0.381 e.